The fourth-order valence-electron chi connectivity index (χ4n) is 4.37. The van der Waals surface area contributed by atoms with Crippen molar-refractivity contribution in [2.45, 2.75) is 50.2 Å². The lowest BCUT2D eigenvalue weighted by molar-refractivity contribution is -0.301. The van der Waals surface area contributed by atoms with E-state index in [4.69, 9.17) is 14.2 Å². The third kappa shape index (κ3) is 6.12. The van der Waals surface area contributed by atoms with Crippen LogP contribution < -0.4 is 0 Å². The van der Waals surface area contributed by atoms with Crippen LogP contribution in [0.3, 0.4) is 0 Å². The minimum absolute atomic E-state index is 0.0129. The largest absolute Gasteiger partial charge is 0.396 e. The van der Waals surface area contributed by atoms with Crippen LogP contribution in [0.15, 0.2) is 91.0 Å². The summed E-state index contributed by atoms with van der Waals surface area (Å²) < 4.78 is 48.6. The van der Waals surface area contributed by atoms with Gasteiger partial charge >= 0.3 is 0 Å². The van der Waals surface area contributed by atoms with Gasteiger partial charge in [0.05, 0.1) is 38.4 Å². The average molecular weight is 485 g/mol. The molecule has 5 nitrogen and oxygen atoms in total. The van der Waals surface area contributed by atoms with E-state index in [1.54, 1.807) is 0 Å². The highest BCUT2D eigenvalue weighted by atomic mass is 19.3. The van der Waals surface area contributed by atoms with E-state index in [-0.39, 0.29) is 19.8 Å². The summed E-state index contributed by atoms with van der Waals surface area (Å²) in [5.41, 5.74) is 2.40. The van der Waals surface area contributed by atoms with Gasteiger partial charge in [-0.05, 0) is 16.7 Å². The van der Waals surface area contributed by atoms with Gasteiger partial charge in [0.2, 0.25) is 0 Å². The minimum Gasteiger partial charge on any atom is -0.396 e. The molecule has 1 fully saturated rings. The summed E-state index contributed by atoms with van der Waals surface area (Å²) in [4.78, 5) is 0. The van der Waals surface area contributed by atoms with Crippen molar-refractivity contribution in [2.24, 2.45) is 5.92 Å². The van der Waals surface area contributed by atoms with Gasteiger partial charge in [-0.25, -0.2) is 8.78 Å². The van der Waals surface area contributed by atoms with Crippen LogP contribution in [0.25, 0.3) is 0 Å². The number of benzene rings is 3. The molecule has 1 aliphatic carbocycles. The molecule has 186 valence electrons. The van der Waals surface area contributed by atoms with Crippen molar-refractivity contribution in [3.8, 4) is 0 Å². The first-order valence-electron chi connectivity index (χ1n) is 11.6. The van der Waals surface area contributed by atoms with Gasteiger partial charge in [-0.1, -0.05) is 91.0 Å². The number of hydrogen-bond donors (Lipinski definition) is 2. The molecule has 0 radical (unpaired) electrons. The van der Waals surface area contributed by atoms with Gasteiger partial charge in [-0.15, -0.1) is 0 Å². The number of hydrogen-bond acceptors (Lipinski definition) is 5. The Balaban J connectivity index is 1.61. The molecule has 7 heteroatoms. The van der Waals surface area contributed by atoms with Crippen molar-refractivity contribution in [1.82, 2.24) is 0 Å². The molecule has 0 aromatic heterocycles. The van der Waals surface area contributed by atoms with Crippen LogP contribution in [-0.2, 0) is 34.0 Å². The van der Waals surface area contributed by atoms with Gasteiger partial charge in [0.15, 0.2) is 0 Å². The SMILES string of the molecule is OC[C@@H]1[C@@H](OCc2ccccc2)[C@H](OCc2ccccc2)[C@@H](OCc2ccccc2)[C@@H](O)C1(F)F. The Bertz CT molecular complexity index is 1020. The van der Waals surface area contributed by atoms with Crippen LogP contribution in [0.5, 0.6) is 0 Å². The van der Waals surface area contributed by atoms with E-state index in [1.807, 2.05) is 91.0 Å². The molecule has 1 aliphatic rings. The van der Waals surface area contributed by atoms with E-state index >= 15 is 8.78 Å². The molecule has 0 heterocycles. The monoisotopic (exact) mass is 484 g/mol. The molecule has 3 aromatic rings. The van der Waals surface area contributed by atoms with Crippen LogP contribution in [-0.4, -0.2) is 47.2 Å². The molecule has 35 heavy (non-hydrogen) atoms. The normalized spacial score (nSPS) is 25.9. The maximum absolute atomic E-state index is 15.3. The molecule has 0 bridgehead atoms. The summed E-state index contributed by atoms with van der Waals surface area (Å²) in [7, 11) is 0. The number of alkyl halides is 2. The van der Waals surface area contributed by atoms with Crippen molar-refractivity contribution in [3.05, 3.63) is 108 Å². The van der Waals surface area contributed by atoms with Crippen LogP contribution in [0, 0.1) is 5.92 Å². The Morgan fingerprint density at radius 2 is 0.971 bits per heavy atom. The van der Waals surface area contributed by atoms with Gasteiger partial charge in [0.1, 0.15) is 18.3 Å². The first-order valence-corrected chi connectivity index (χ1v) is 11.6. The summed E-state index contributed by atoms with van der Waals surface area (Å²) in [6, 6.07) is 27.6. The quantitative estimate of drug-likeness (QED) is 0.448. The molecule has 5 atom stereocenters. The zero-order valence-corrected chi connectivity index (χ0v) is 19.3. The van der Waals surface area contributed by atoms with E-state index < -0.39 is 42.9 Å². The van der Waals surface area contributed by atoms with Gasteiger partial charge in [-0.3, -0.25) is 0 Å². The molecule has 4 rings (SSSR count). The van der Waals surface area contributed by atoms with E-state index in [0.717, 1.165) is 16.7 Å². The van der Waals surface area contributed by atoms with E-state index in [2.05, 4.69) is 0 Å². The molecule has 1 saturated carbocycles. The third-order valence-electron chi connectivity index (χ3n) is 6.30. The van der Waals surface area contributed by atoms with Crippen molar-refractivity contribution in [3.63, 3.8) is 0 Å². The number of halogens is 2. The highest BCUT2D eigenvalue weighted by Crippen LogP contribution is 2.43. The second kappa shape index (κ2) is 11.8. The smallest absolute Gasteiger partial charge is 0.283 e. The predicted octanol–water partition coefficient (Wildman–Crippen LogP) is 4.36. The lowest BCUT2D eigenvalue weighted by Gasteiger charge is -2.48. The van der Waals surface area contributed by atoms with Crippen LogP contribution in [0.2, 0.25) is 0 Å². The molecular weight excluding hydrogens is 454 g/mol. The van der Waals surface area contributed by atoms with Gasteiger partial charge in [-0.2, -0.15) is 0 Å². The van der Waals surface area contributed by atoms with Crippen LogP contribution in [0.1, 0.15) is 16.7 Å². The number of rotatable bonds is 10. The highest BCUT2D eigenvalue weighted by molar-refractivity contribution is 5.16. The van der Waals surface area contributed by atoms with E-state index in [9.17, 15) is 10.2 Å². The van der Waals surface area contributed by atoms with Crippen molar-refractivity contribution in [1.29, 1.82) is 0 Å². The predicted molar refractivity (Wildman–Crippen MR) is 127 cm³/mol. The molecule has 0 unspecified atom stereocenters. The summed E-state index contributed by atoms with van der Waals surface area (Å²) in [5.74, 6) is -5.32. The van der Waals surface area contributed by atoms with Crippen LogP contribution in [0.4, 0.5) is 8.78 Å². The Morgan fingerprint density at radius 1 is 0.600 bits per heavy atom. The van der Waals surface area contributed by atoms with Crippen molar-refractivity contribution < 1.29 is 33.2 Å². The maximum atomic E-state index is 15.3. The highest BCUT2D eigenvalue weighted by Gasteiger charge is 2.62. The Morgan fingerprint density at radius 3 is 1.37 bits per heavy atom. The Hall–Kier alpha value is -2.68. The van der Waals surface area contributed by atoms with Crippen molar-refractivity contribution in [2.75, 3.05) is 6.61 Å². The molecule has 0 aliphatic heterocycles. The molecular formula is C28H30F2O5. The molecule has 2 N–H and O–H groups in total. The third-order valence-corrected chi connectivity index (χ3v) is 6.30. The minimum atomic E-state index is -3.65. The average Bonchev–Trinajstić information content (AvgIpc) is 2.89. The standard InChI is InChI=1S/C28H30F2O5/c29-28(30)23(16-31)24(33-17-20-10-4-1-5-11-20)25(34-18-21-12-6-2-7-13-21)26(27(28)32)35-19-22-14-8-3-9-15-22/h1-15,23-27,31-32H,16-19H2/t23-,24-,25+,26-,27-/m1/s1. The lowest BCUT2D eigenvalue weighted by atomic mass is 9.77. The van der Waals surface area contributed by atoms with E-state index in [1.165, 1.54) is 0 Å². The fraction of sp³-hybridized carbons (Fsp3) is 0.357. The van der Waals surface area contributed by atoms with Crippen molar-refractivity contribution >= 4 is 0 Å². The molecule has 0 saturated heterocycles. The first kappa shape index (κ1) is 25.4. The molecule has 0 spiro atoms. The lowest BCUT2D eigenvalue weighted by Crippen LogP contribution is -2.67. The second-order valence-corrected chi connectivity index (χ2v) is 8.69. The van der Waals surface area contributed by atoms with E-state index in [0.29, 0.717) is 0 Å². The Labute approximate surface area is 203 Å². The summed E-state index contributed by atoms with van der Waals surface area (Å²) >= 11 is 0. The molecule has 3 aromatic carbocycles. The van der Waals surface area contributed by atoms with Gasteiger partial charge < -0.3 is 24.4 Å². The second-order valence-electron chi connectivity index (χ2n) is 8.69. The summed E-state index contributed by atoms with van der Waals surface area (Å²) in [5, 5.41) is 20.7. The topological polar surface area (TPSA) is 68.2 Å². The zero-order valence-electron chi connectivity index (χ0n) is 19.3. The maximum Gasteiger partial charge on any atom is 0.283 e. The summed E-state index contributed by atoms with van der Waals surface area (Å²) in [6.45, 7) is -0.706. The van der Waals surface area contributed by atoms with Crippen LogP contribution >= 0.6 is 0 Å². The fourth-order valence-corrected chi connectivity index (χ4v) is 4.37. The van der Waals surface area contributed by atoms with Gasteiger partial charge in [0.25, 0.3) is 5.92 Å². The number of aliphatic hydroxyl groups excluding tert-OH is 2. The Kier molecular flexibility index (Phi) is 8.59. The first-order chi connectivity index (χ1) is 17.0. The molecule has 0 amide bonds. The summed E-state index contributed by atoms with van der Waals surface area (Å²) in [6.07, 6.45) is -5.82. The number of ether oxygens (including phenoxy) is 3. The van der Waals surface area contributed by atoms with Gasteiger partial charge in [0, 0.05) is 0 Å². The zero-order chi connectivity index (χ0) is 24.7. The number of aliphatic hydroxyl groups is 2.